The zero-order valence-corrected chi connectivity index (χ0v) is 19.4. The number of carbonyl (C=O) groups is 3. The zero-order valence-electron chi connectivity index (χ0n) is 19.4. The van der Waals surface area contributed by atoms with Gasteiger partial charge in [0.15, 0.2) is 0 Å². The van der Waals surface area contributed by atoms with E-state index in [-0.39, 0.29) is 48.9 Å². The van der Waals surface area contributed by atoms with Crippen LogP contribution in [0.15, 0.2) is 18.2 Å². The van der Waals surface area contributed by atoms with E-state index < -0.39 is 17.3 Å². The van der Waals surface area contributed by atoms with Crippen LogP contribution in [0.3, 0.4) is 0 Å². The number of benzene rings is 1. The Morgan fingerprint density at radius 1 is 1.24 bits per heavy atom. The fourth-order valence-corrected chi connectivity index (χ4v) is 5.07. The van der Waals surface area contributed by atoms with Crippen LogP contribution < -0.4 is 10.6 Å². The van der Waals surface area contributed by atoms with E-state index in [0.717, 1.165) is 25.7 Å². The van der Waals surface area contributed by atoms with E-state index in [0.29, 0.717) is 10.9 Å². The van der Waals surface area contributed by atoms with Crippen LogP contribution in [0.1, 0.15) is 56.4 Å². The molecule has 0 saturated heterocycles. The van der Waals surface area contributed by atoms with Crippen molar-refractivity contribution in [3.8, 4) is 0 Å². The Balaban J connectivity index is 1.81. The molecule has 0 radical (unpaired) electrons. The average Bonchev–Trinajstić information content (AvgIpc) is 3.06. The topological polar surface area (TPSA) is 92.7 Å². The second kappa shape index (κ2) is 9.13. The van der Waals surface area contributed by atoms with Crippen molar-refractivity contribution in [2.45, 2.75) is 64.1 Å². The Morgan fingerprint density at radius 3 is 2.64 bits per heavy atom. The van der Waals surface area contributed by atoms with Crippen molar-refractivity contribution in [1.29, 1.82) is 0 Å². The molecule has 1 aromatic carbocycles. The number of nitrogens with zero attached hydrogens (tertiary/aromatic N) is 2. The molecule has 9 heteroatoms. The number of fused-ring (bicyclic) bond motifs is 3. The third kappa shape index (κ3) is 4.21. The molecule has 0 bridgehead atoms. The van der Waals surface area contributed by atoms with Gasteiger partial charge in [-0.3, -0.25) is 14.4 Å². The van der Waals surface area contributed by atoms with Crippen LogP contribution in [0.5, 0.6) is 0 Å². The first kappa shape index (κ1) is 23.2. The monoisotopic (exact) mass is 458 g/mol. The summed E-state index contributed by atoms with van der Waals surface area (Å²) >= 11 is 0. The van der Waals surface area contributed by atoms with Gasteiger partial charge in [0, 0.05) is 32.0 Å². The predicted molar refractivity (Wildman–Crippen MR) is 123 cm³/mol. The minimum atomic E-state index is -1.17. The molecule has 8 nitrogen and oxygen atoms in total. The number of carbonyl (C=O) groups excluding carboxylic acids is 3. The lowest BCUT2D eigenvalue weighted by molar-refractivity contribution is -0.134. The number of halogens is 1. The number of rotatable bonds is 6. The Morgan fingerprint density at radius 2 is 1.97 bits per heavy atom. The van der Waals surface area contributed by atoms with Gasteiger partial charge in [0.1, 0.15) is 17.1 Å². The molecule has 2 aliphatic rings. The van der Waals surface area contributed by atoms with Crippen LogP contribution in [0.4, 0.5) is 10.1 Å². The number of nitrogens with one attached hydrogen (secondary N) is 2. The van der Waals surface area contributed by atoms with E-state index >= 15 is 0 Å². The van der Waals surface area contributed by atoms with E-state index in [2.05, 4.69) is 10.6 Å². The number of amides is 3. The summed E-state index contributed by atoms with van der Waals surface area (Å²) in [5.74, 6) is -1.46. The molecule has 33 heavy (non-hydrogen) atoms. The fourth-order valence-electron chi connectivity index (χ4n) is 5.07. The highest BCUT2D eigenvalue weighted by molar-refractivity contribution is 6.14. The SMILES string of the molecule is COCCN1C(=O)c2c(NC(C)=O)c3cc(F)ccc3n2CC1(C)C(=O)NC1CCCCC1. The largest absolute Gasteiger partial charge is 0.383 e. The van der Waals surface area contributed by atoms with Gasteiger partial charge >= 0.3 is 0 Å². The van der Waals surface area contributed by atoms with E-state index in [1.165, 1.54) is 37.5 Å². The molecule has 2 heterocycles. The molecule has 0 spiro atoms. The first-order chi connectivity index (χ1) is 15.8. The van der Waals surface area contributed by atoms with Gasteiger partial charge in [-0.25, -0.2) is 4.39 Å². The normalized spacial score (nSPS) is 21.2. The Bertz CT molecular complexity index is 1090. The quantitative estimate of drug-likeness (QED) is 0.696. The minimum absolute atomic E-state index is 0.0919. The van der Waals surface area contributed by atoms with Crippen molar-refractivity contribution in [3.63, 3.8) is 0 Å². The molecule has 3 amide bonds. The lowest BCUT2D eigenvalue weighted by atomic mass is 9.91. The number of hydrogen-bond donors (Lipinski definition) is 2. The lowest BCUT2D eigenvalue weighted by Gasteiger charge is -2.45. The smallest absolute Gasteiger partial charge is 0.273 e. The van der Waals surface area contributed by atoms with Crippen molar-refractivity contribution in [2.75, 3.05) is 25.6 Å². The van der Waals surface area contributed by atoms with E-state index in [1.54, 1.807) is 17.6 Å². The van der Waals surface area contributed by atoms with Crippen LogP contribution in [-0.2, 0) is 20.9 Å². The highest BCUT2D eigenvalue weighted by Crippen LogP contribution is 2.39. The summed E-state index contributed by atoms with van der Waals surface area (Å²) in [5.41, 5.74) is -0.0796. The van der Waals surface area contributed by atoms with Crippen LogP contribution in [-0.4, -0.2) is 59.0 Å². The maximum absolute atomic E-state index is 14.1. The standard InChI is InChI=1S/C24H31FN4O4/c1-15(30)26-20-18-13-16(25)9-10-19(18)28-14-24(2,23(32)27-17-7-5-4-6-8-17)29(11-12-33-3)22(31)21(20)28/h9-10,13,17H,4-8,11-12,14H2,1-3H3,(H,26,30)(H,27,32). The molecule has 1 fully saturated rings. The molecule has 2 aromatic rings. The summed E-state index contributed by atoms with van der Waals surface area (Å²) < 4.78 is 21.1. The fraction of sp³-hybridized carbons (Fsp3) is 0.542. The third-order valence-electron chi connectivity index (χ3n) is 6.78. The first-order valence-corrected chi connectivity index (χ1v) is 11.5. The molecular formula is C24H31FN4O4. The number of methoxy groups -OCH3 is 1. The molecule has 1 atom stereocenters. The van der Waals surface area contributed by atoms with Gasteiger partial charge in [-0.1, -0.05) is 19.3 Å². The molecule has 178 valence electrons. The van der Waals surface area contributed by atoms with Crippen molar-refractivity contribution >= 4 is 34.3 Å². The Labute approximate surface area is 192 Å². The predicted octanol–water partition coefficient (Wildman–Crippen LogP) is 3.05. The van der Waals surface area contributed by atoms with Crippen molar-refractivity contribution in [1.82, 2.24) is 14.8 Å². The summed E-state index contributed by atoms with van der Waals surface area (Å²) in [7, 11) is 1.54. The second-order valence-corrected chi connectivity index (χ2v) is 9.18. The number of anilines is 1. The summed E-state index contributed by atoms with van der Waals surface area (Å²) in [6.45, 7) is 3.74. The Kier molecular flexibility index (Phi) is 6.43. The van der Waals surface area contributed by atoms with Crippen molar-refractivity contribution < 1.29 is 23.5 Å². The number of aromatic nitrogens is 1. The average molecular weight is 459 g/mol. The van der Waals surface area contributed by atoms with Crippen LogP contribution in [0, 0.1) is 5.82 Å². The number of hydrogen-bond acceptors (Lipinski definition) is 4. The van der Waals surface area contributed by atoms with Gasteiger partial charge in [0.25, 0.3) is 5.91 Å². The molecule has 1 unspecified atom stereocenters. The molecular weight excluding hydrogens is 427 g/mol. The van der Waals surface area contributed by atoms with Gasteiger partial charge in [-0.15, -0.1) is 0 Å². The second-order valence-electron chi connectivity index (χ2n) is 9.18. The zero-order chi connectivity index (χ0) is 23.8. The van der Waals surface area contributed by atoms with Gasteiger partial charge in [0.05, 0.1) is 24.4 Å². The van der Waals surface area contributed by atoms with E-state index in [9.17, 15) is 18.8 Å². The molecule has 1 aromatic heterocycles. The highest BCUT2D eigenvalue weighted by atomic mass is 19.1. The summed E-state index contributed by atoms with van der Waals surface area (Å²) in [6.07, 6.45) is 5.18. The van der Waals surface area contributed by atoms with Crippen LogP contribution >= 0.6 is 0 Å². The van der Waals surface area contributed by atoms with Crippen molar-refractivity contribution in [3.05, 3.63) is 29.7 Å². The number of ether oxygens (including phenoxy) is 1. The van der Waals surface area contributed by atoms with Crippen LogP contribution in [0.2, 0.25) is 0 Å². The maximum Gasteiger partial charge on any atom is 0.273 e. The third-order valence-corrected chi connectivity index (χ3v) is 6.78. The van der Waals surface area contributed by atoms with E-state index in [4.69, 9.17) is 4.74 Å². The van der Waals surface area contributed by atoms with Gasteiger partial charge < -0.3 is 24.8 Å². The van der Waals surface area contributed by atoms with Crippen molar-refractivity contribution in [2.24, 2.45) is 0 Å². The maximum atomic E-state index is 14.1. The van der Waals surface area contributed by atoms with Gasteiger partial charge in [-0.05, 0) is 38.0 Å². The van der Waals surface area contributed by atoms with Gasteiger partial charge in [0.2, 0.25) is 11.8 Å². The highest BCUT2D eigenvalue weighted by Gasteiger charge is 2.49. The molecule has 1 saturated carbocycles. The summed E-state index contributed by atoms with van der Waals surface area (Å²) in [4.78, 5) is 40.9. The van der Waals surface area contributed by atoms with Crippen LogP contribution in [0.25, 0.3) is 10.9 Å². The lowest BCUT2D eigenvalue weighted by Crippen LogP contribution is -2.65. The van der Waals surface area contributed by atoms with E-state index in [1.807, 2.05) is 0 Å². The van der Waals surface area contributed by atoms with Gasteiger partial charge in [-0.2, -0.15) is 0 Å². The Hall–Kier alpha value is -2.94. The summed E-state index contributed by atoms with van der Waals surface area (Å²) in [5, 5.41) is 6.30. The molecule has 1 aliphatic heterocycles. The summed E-state index contributed by atoms with van der Waals surface area (Å²) in [6, 6.07) is 4.29. The first-order valence-electron chi connectivity index (χ1n) is 11.5. The molecule has 1 aliphatic carbocycles. The minimum Gasteiger partial charge on any atom is -0.383 e. The molecule has 4 rings (SSSR count). The molecule has 2 N–H and O–H groups in total.